The summed E-state index contributed by atoms with van der Waals surface area (Å²) in [6.07, 6.45) is 4.01. The maximum atomic E-state index is 13.3. The van der Waals surface area contributed by atoms with E-state index in [-0.39, 0.29) is 18.1 Å². The Morgan fingerprint density at radius 2 is 2.26 bits per heavy atom. The number of fused-ring (bicyclic) bond motifs is 1. The Hall–Kier alpha value is -2.90. The second-order valence-electron chi connectivity index (χ2n) is 6.57. The van der Waals surface area contributed by atoms with E-state index in [1.54, 1.807) is 12.1 Å². The van der Waals surface area contributed by atoms with Gasteiger partial charge in [-0.2, -0.15) is 10.4 Å². The summed E-state index contributed by atoms with van der Waals surface area (Å²) in [5.74, 6) is 0. The zero-order valence-electron chi connectivity index (χ0n) is 14.4. The van der Waals surface area contributed by atoms with Crippen LogP contribution in [-0.4, -0.2) is 43.1 Å². The first-order valence-corrected chi connectivity index (χ1v) is 9.61. The van der Waals surface area contributed by atoms with E-state index in [1.807, 2.05) is 6.92 Å². The highest BCUT2D eigenvalue weighted by molar-refractivity contribution is 7.92. The third-order valence-corrected chi connectivity index (χ3v) is 6.07. The van der Waals surface area contributed by atoms with E-state index in [0.29, 0.717) is 22.2 Å². The topological polar surface area (TPSA) is 113 Å². The van der Waals surface area contributed by atoms with Gasteiger partial charge in [-0.1, -0.05) is 6.07 Å². The van der Waals surface area contributed by atoms with E-state index in [1.165, 1.54) is 23.3 Å². The molecule has 0 aliphatic carbocycles. The van der Waals surface area contributed by atoms with Crippen molar-refractivity contribution in [2.75, 3.05) is 24.6 Å². The second-order valence-corrected chi connectivity index (χ2v) is 8.25. The van der Waals surface area contributed by atoms with Crippen molar-refractivity contribution >= 4 is 26.6 Å². The molecule has 0 bridgehead atoms. The number of benzene rings is 1. The molecule has 1 aliphatic heterocycles. The number of alkyl halides is 1. The Balaban J connectivity index is 1.70. The molecular formula is C17H16FN5O3S. The predicted octanol–water partition coefficient (Wildman–Crippen LogP) is 2.04. The van der Waals surface area contributed by atoms with Gasteiger partial charge < -0.3 is 9.72 Å². The maximum absolute atomic E-state index is 13.3. The third kappa shape index (κ3) is 2.67. The standard InChI is InChI=1S/C17H16FN5O3S/c1-11-2-3-14(16-15(11)12(4-19)5-20-16)22-27(24,25)13-6-21-23(7-13)17(8-18)9-26-10-17/h2-3,5-7,20,22H,8-10H2,1H3. The number of halogens is 1. The quantitative estimate of drug-likeness (QED) is 0.693. The van der Waals surface area contributed by atoms with Crippen LogP contribution in [0.2, 0.25) is 0 Å². The van der Waals surface area contributed by atoms with E-state index in [9.17, 15) is 18.1 Å². The maximum Gasteiger partial charge on any atom is 0.265 e. The van der Waals surface area contributed by atoms with Gasteiger partial charge in [0.2, 0.25) is 0 Å². The van der Waals surface area contributed by atoms with Gasteiger partial charge in [-0.05, 0) is 18.6 Å². The molecule has 0 radical (unpaired) electrons. The van der Waals surface area contributed by atoms with Gasteiger partial charge in [0.1, 0.15) is 23.2 Å². The number of aryl methyl sites for hydroxylation is 1. The highest BCUT2D eigenvalue weighted by atomic mass is 32.2. The van der Waals surface area contributed by atoms with Crippen molar-refractivity contribution in [3.63, 3.8) is 0 Å². The van der Waals surface area contributed by atoms with E-state index in [0.717, 1.165) is 5.56 Å². The molecule has 2 N–H and O–H groups in total. The molecule has 3 heterocycles. The summed E-state index contributed by atoms with van der Waals surface area (Å²) in [6, 6.07) is 5.45. The largest absolute Gasteiger partial charge is 0.376 e. The van der Waals surface area contributed by atoms with Gasteiger partial charge in [0.05, 0.1) is 36.2 Å². The Kier molecular flexibility index (Phi) is 3.94. The van der Waals surface area contributed by atoms with Gasteiger partial charge in [-0.3, -0.25) is 9.40 Å². The van der Waals surface area contributed by atoms with Crippen LogP contribution in [0.5, 0.6) is 0 Å². The van der Waals surface area contributed by atoms with Crippen LogP contribution >= 0.6 is 0 Å². The predicted molar refractivity (Wildman–Crippen MR) is 95.6 cm³/mol. The normalized spacial score (nSPS) is 16.0. The van der Waals surface area contributed by atoms with Gasteiger partial charge >= 0.3 is 0 Å². The van der Waals surface area contributed by atoms with Crippen LogP contribution in [0.4, 0.5) is 10.1 Å². The van der Waals surface area contributed by atoms with Crippen LogP contribution in [0, 0.1) is 18.3 Å². The van der Waals surface area contributed by atoms with Gasteiger partial charge in [-0.15, -0.1) is 0 Å². The fourth-order valence-corrected chi connectivity index (χ4v) is 4.11. The number of hydrogen-bond acceptors (Lipinski definition) is 5. The Morgan fingerprint density at radius 3 is 2.89 bits per heavy atom. The lowest BCUT2D eigenvalue weighted by Crippen LogP contribution is -2.53. The summed E-state index contributed by atoms with van der Waals surface area (Å²) in [5, 5.41) is 13.9. The smallest absolute Gasteiger partial charge is 0.265 e. The van der Waals surface area contributed by atoms with Crippen LogP contribution < -0.4 is 4.72 Å². The number of nitriles is 1. The number of aromatic amines is 1. The van der Waals surface area contributed by atoms with Crippen LogP contribution in [0.25, 0.3) is 10.9 Å². The van der Waals surface area contributed by atoms with E-state index in [4.69, 9.17) is 4.74 Å². The lowest BCUT2D eigenvalue weighted by atomic mass is 10.0. The van der Waals surface area contributed by atoms with Crippen LogP contribution in [0.15, 0.2) is 35.6 Å². The molecule has 0 atom stereocenters. The number of anilines is 1. The summed E-state index contributed by atoms with van der Waals surface area (Å²) in [7, 11) is -3.95. The van der Waals surface area contributed by atoms with E-state index in [2.05, 4.69) is 20.9 Å². The molecule has 0 unspecified atom stereocenters. The van der Waals surface area contributed by atoms with Crippen molar-refractivity contribution in [3.8, 4) is 6.07 Å². The molecule has 27 heavy (non-hydrogen) atoms. The van der Waals surface area contributed by atoms with Gasteiger partial charge in [0.25, 0.3) is 10.0 Å². The molecule has 140 valence electrons. The number of H-pyrrole nitrogens is 1. The van der Waals surface area contributed by atoms with E-state index < -0.39 is 22.2 Å². The molecule has 1 aromatic carbocycles. The summed E-state index contributed by atoms with van der Waals surface area (Å²) in [4.78, 5) is 2.86. The molecular weight excluding hydrogens is 373 g/mol. The molecule has 4 rings (SSSR count). The molecule has 1 aliphatic rings. The first kappa shape index (κ1) is 17.5. The average molecular weight is 389 g/mol. The van der Waals surface area contributed by atoms with Crippen molar-refractivity contribution in [1.82, 2.24) is 14.8 Å². The molecule has 2 aromatic heterocycles. The highest BCUT2D eigenvalue weighted by Gasteiger charge is 2.42. The number of hydrogen-bond donors (Lipinski definition) is 2. The number of nitrogens with one attached hydrogen (secondary N) is 2. The first-order valence-electron chi connectivity index (χ1n) is 8.13. The monoisotopic (exact) mass is 389 g/mol. The Bertz CT molecular complexity index is 1170. The summed E-state index contributed by atoms with van der Waals surface area (Å²) < 4.78 is 47.8. The van der Waals surface area contributed by atoms with Crippen LogP contribution in [-0.2, 0) is 20.3 Å². The summed E-state index contributed by atoms with van der Waals surface area (Å²) in [5.41, 5.74) is 1.19. The fourth-order valence-electron chi connectivity index (χ4n) is 3.11. The number of ether oxygens (including phenoxy) is 1. The number of rotatable bonds is 5. The van der Waals surface area contributed by atoms with Crippen molar-refractivity contribution in [2.24, 2.45) is 0 Å². The van der Waals surface area contributed by atoms with Crippen molar-refractivity contribution in [3.05, 3.63) is 41.9 Å². The Morgan fingerprint density at radius 1 is 1.48 bits per heavy atom. The van der Waals surface area contributed by atoms with Gasteiger partial charge in [0, 0.05) is 17.8 Å². The first-order chi connectivity index (χ1) is 12.9. The lowest BCUT2D eigenvalue weighted by molar-refractivity contribution is -0.117. The van der Waals surface area contributed by atoms with Crippen molar-refractivity contribution < 1.29 is 17.5 Å². The summed E-state index contributed by atoms with van der Waals surface area (Å²) in [6.45, 7) is 1.45. The van der Waals surface area contributed by atoms with Gasteiger partial charge in [0.15, 0.2) is 0 Å². The molecule has 0 amide bonds. The third-order valence-electron chi connectivity index (χ3n) is 4.75. The van der Waals surface area contributed by atoms with Crippen molar-refractivity contribution in [1.29, 1.82) is 5.26 Å². The highest BCUT2D eigenvalue weighted by Crippen LogP contribution is 2.31. The number of nitrogens with zero attached hydrogens (tertiary/aromatic N) is 3. The molecule has 3 aromatic rings. The molecule has 1 saturated heterocycles. The Labute approximate surface area is 154 Å². The minimum atomic E-state index is -3.95. The zero-order valence-corrected chi connectivity index (χ0v) is 15.2. The number of aromatic nitrogens is 3. The lowest BCUT2D eigenvalue weighted by Gasteiger charge is -2.39. The van der Waals surface area contributed by atoms with Crippen LogP contribution in [0.3, 0.4) is 0 Å². The van der Waals surface area contributed by atoms with Gasteiger partial charge in [-0.25, -0.2) is 12.8 Å². The van der Waals surface area contributed by atoms with Crippen LogP contribution in [0.1, 0.15) is 11.1 Å². The summed E-state index contributed by atoms with van der Waals surface area (Å²) >= 11 is 0. The number of sulfonamides is 1. The van der Waals surface area contributed by atoms with Crippen molar-refractivity contribution in [2.45, 2.75) is 17.4 Å². The second kappa shape index (κ2) is 6.07. The fraction of sp³-hybridized carbons (Fsp3) is 0.294. The SMILES string of the molecule is Cc1ccc(NS(=O)(=O)c2cnn(C3(CF)COC3)c2)c2[nH]cc(C#N)c12. The minimum Gasteiger partial charge on any atom is -0.376 e. The molecule has 8 nitrogen and oxygen atoms in total. The zero-order chi connectivity index (χ0) is 19.2. The van der Waals surface area contributed by atoms with E-state index >= 15 is 0 Å². The molecule has 0 spiro atoms. The minimum absolute atomic E-state index is 0.0805. The molecule has 1 fully saturated rings. The average Bonchev–Trinajstić information content (AvgIpc) is 3.25. The molecule has 10 heteroatoms. The molecule has 0 saturated carbocycles.